The number of benzene rings is 1. The quantitative estimate of drug-likeness (QED) is 0.506. The van der Waals surface area contributed by atoms with Gasteiger partial charge in [-0.3, -0.25) is 4.79 Å². The number of rotatable bonds is 4. The molecule has 23 heavy (non-hydrogen) atoms. The fraction of sp³-hybridized carbons (Fsp3) is 0.500. The molecule has 1 aromatic rings. The molecule has 3 atom stereocenters. The van der Waals surface area contributed by atoms with Crippen LogP contribution in [-0.2, 0) is 20.9 Å². The van der Waals surface area contributed by atoms with Gasteiger partial charge in [-0.1, -0.05) is 30.3 Å². The smallest absolute Gasteiger partial charge is 0.330 e. The largest absolute Gasteiger partial charge is 0.459 e. The molecule has 2 heterocycles. The zero-order chi connectivity index (χ0) is 16.8. The maximum absolute atomic E-state index is 12.6. The van der Waals surface area contributed by atoms with Crippen LogP contribution in [0.2, 0.25) is 0 Å². The van der Waals surface area contributed by atoms with E-state index in [4.69, 9.17) is 10.5 Å². The van der Waals surface area contributed by atoms with Crippen LogP contribution in [0.3, 0.4) is 0 Å². The molecule has 0 radical (unpaired) electrons. The van der Waals surface area contributed by atoms with Crippen molar-refractivity contribution in [3.05, 3.63) is 35.9 Å². The van der Waals surface area contributed by atoms with Crippen LogP contribution in [0.4, 0.5) is 0 Å². The zero-order valence-corrected chi connectivity index (χ0v) is 14.9. The highest BCUT2D eigenvalue weighted by Crippen LogP contribution is 2.56. The molecule has 0 aromatic heterocycles. The van der Waals surface area contributed by atoms with Crippen molar-refractivity contribution in [3.63, 3.8) is 0 Å². The van der Waals surface area contributed by atoms with E-state index in [9.17, 15) is 9.59 Å². The van der Waals surface area contributed by atoms with Crippen LogP contribution in [0.1, 0.15) is 19.4 Å². The Bertz CT molecular complexity index is 637. The highest BCUT2D eigenvalue weighted by Gasteiger charge is 2.70. The van der Waals surface area contributed by atoms with Gasteiger partial charge < -0.3 is 15.4 Å². The van der Waals surface area contributed by atoms with Crippen LogP contribution >= 0.6 is 23.5 Å². The molecule has 0 bridgehead atoms. The van der Waals surface area contributed by atoms with Gasteiger partial charge in [0.25, 0.3) is 5.91 Å². The van der Waals surface area contributed by atoms with Crippen molar-refractivity contribution >= 4 is 35.4 Å². The molecule has 2 aliphatic heterocycles. The summed E-state index contributed by atoms with van der Waals surface area (Å²) in [6, 6.07) is 8.91. The first-order chi connectivity index (χ1) is 10.8. The average Bonchev–Trinajstić information content (AvgIpc) is 2.82. The molecular weight excluding hydrogens is 332 g/mol. The van der Waals surface area contributed by atoms with E-state index in [1.165, 1.54) is 11.8 Å². The molecular formula is C16H20N2O3S2. The number of fused-ring (bicyclic) bond motifs is 1. The van der Waals surface area contributed by atoms with Crippen molar-refractivity contribution in [2.75, 3.05) is 6.26 Å². The molecule has 0 aliphatic carbocycles. The summed E-state index contributed by atoms with van der Waals surface area (Å²) in [7, 11) is 0. The first-order valence-corrected chi connectivity index (χ1v) is 9.47. The Morgan fingerprint density at radius 1 is 1.39 bits per heavy atom. The van der Waals surface area contributed by atoms with Crippen LogP contribution in [0, 0.1) is 0 Å². The Morgan fingerprint density at radius 3 is 2.65 bits per heavy atom. The fourth-order valence-corrected chi connectivity index (χ4v) is 5.58. The number of carbonyl (C=O) groups is 2. The van der Waals surface area contributed by atoms with E-state index in [2.05, 4.69) is 0 Å². The van der Waals surface area contributed by atoms with Crippen molar-refractivity contribution in [1.29, 1.82) is 0 Å². The monoisotopic (exact) mass is 352 g/mol. The molecule has 1 amide bonds. The lowest BCUT2D eigenvalue weighted by atomic mass is 9.96. The summed E-state index contributed by atoms with van der Waals surface area (Å²) < 4.78 is 5.03. The van der Waals surface area contributed by atoms with Crippen LogP contribution in [0.25, 0.3) is 0 Å². The van der Waals surface area contributed by atoms with Crippen LogP contribution < -0.4 is 5.73 Å². The summed E-state index contributed by atoms with van der Waals surface area (Å²) in [5.41, 5.74) is 7.10. The predicted octanol–water partition coefficient (Wildman–Crippen LogP) is 1.81. The molecule has 124 valence electrons. The molecule has 0 spiro atoms. The normalized spacial score (nSPS) is 31.5. The highest BCUT2D eigenvalue weighted by atomic mass is 32.2. The number of ether oxygens (including phenoxy) is 1. The summed E-state index contributed by atoms with van der Waals surface area (Å²) in [6.07, 6.45) is 1.82. The predicted molar refractivity (Wildman–Crippen MR) is 92.8 cm³/mol. The van der Waals surface area contributed by atoms with Gasteiger partial charge in [-0.15, -0.1) is 23.5 Å². The van der Waals surface area contributed by atoms with Gasteiger partial charge >= 0.3 is 5.97 Å². The second-order valence-electron chi connectivity index (χ2n) is 6.28. The Balaban J connectivity index is 1.74. The standard InChI is InChI=1S/C16H20N2O3S2/c1-15(2)11(12(19)21-9-10-7-5-4-6-8-10)18-13(20)16(17,22-3)14(18)23-15/h4-8,11,14H,9,17H2,1-3H3/t11-,14+,16-/m0/s1. The summed E-state index contributed by atoms with van der Waals surface area (Å²) in [5, 5.41) is -0.186. The second kappa shape index (κ2) is 5.72. The van der Waals surface area contributed by atoms with Gasteiger partial charge in [-0.2, -0.15) is 0 Å². The molecule has 2 saturated heterocycles. The van der Waals surface area contributed by atoms with Crippen molar-refractivity contribution in [2.24, 2.45) is 5.73 Å². The summed E-state index contributed by atoms with van der Waals surface area (Å²) in [6.45, 7) is 4.12. The van der Waals surface area contributed by atoms with Gasteiger partial charge in [0.2, 0.25) is 0 Å². The zero-order valence-electron chi connectivity index (χ0n) is 13.3. The van der Waals surface area contributed by atoms with E-state index in [1.54, 1.807) is 16.7 Å². The van der Waals surface area contributed by atoms with Gasteiger partial charge in [0.15, 0.2) is 4.87 Å². The Labute approximate surface area is 144 Å². The van der Waals surface area contributed by atoms with E-state index in [0.29, 0.717) is 0 Å². The number of amides is 1. The number of nitrogens with zero attached hydrogens (tertiary/aromatic N) is 1. The summed E-state index contributed by atoms with van der Waals surface area (Å²) >= 11 is 2.91. The third-order valence-electron chi connectivity index (χ3n) is 4.33. The van der Waals surface area contributed by atoms with Gasteiger partial charge in [0.1, 0.15) is 18.0 Å². The molecule has 7 heteroatoms. The third kappa shape index (κ3) is 2.55. The van der Waals surface area contributed by atoms with E-state index in [-0.39, 0.29) is 23.9 Å². The summed E-state index contributed by atoms with van der Waals surface area (Å²) in [4.78, 5) is 25.7. The van der Waals surface area contributed by atoms with Gasteiger partial charge in [-0.05, 0) is 25.7 Å². The first kappa shape index (κ1) is 16.7. The molecule has 5 nitrogen and oxygen atoms in total. The topological polar surface area (TPSA) is 72.6 Å². The highest BCUT2D eigenvalue weighted by molar-refractivity contribution is 8.05. The maximum Gasteiger partial charge on any atom is 0.330 e. The lowest BCUT2D eigenvalue weighted by molar-refractivity contribution is -0.165. The number of hydrogen-bond acceptors (Lipinski definition) is 6. The van der Waals surface area contributed by atoms with Crippen LogP contribution in [-0.4, -0.2) is 44.1 Å². The van der Waals surface area contributed by atoms with Crippen LogP contribution in [0.15, 0.2) is 30.3 Å². The van der Waals surface area contributed by atoms with Gasteiger partial charge in [0.05, 0.1) is 0 Å². The minimum atomic E-state index is -0.934. The minimum Gasteiger partial charge on any atom is -0.459 e. The van der Waals surface area contributed by atoms with Gasteiger partial charge in [0, 0.05) is 4.75 Å². The lowest BCUT2D eigenvalue weighted by Crippen LogP contribution is -2.76. The Morgan fingerprint density at radius 2 is 2.04 bits per heavy atom. The molecule has 1 aromatic carbocycles. The minimum absolute atomic E-state index is 0.185. The molecule has 3 rings (SSSR count). The SMILES string of the molecule is CS[C@@]1(N)C(=O)N2[C@@H](C(=O)OCc3ccccc3)C(C)(C)S[C@@H]21. The number of nitrogens with two attached hydrogens (primary N) is 1. The molecule has 0 saturated carbocycles. The van der Waals surface area contributed by atoms with E-state index in [1.807, 2.05) is 50.4 Å². The third-order valence-corrected chi connectivity index (χ3v) is 7.20. The first-order valence-electron chi connectivity index (χ1n) is 7.36. The number of thioether (sulfide) groups is 2. The second-order valence-corrected chi connectivity index (χ2v) is 9.10. The van der Waals surface area contributed by atoms with E-state index >= 15 is 0 Å². The van der Waals surface area contributed by atoms with Crippen molar-refractivity contribution in [1.82, 2.24) is 4.90 Å². The number of esters is 1. The van der Waals surface area contributed by atoms with E-state index < -0.39 is 15.7 Å². The van der Waals surface area contributed by atoms with E-state index in [0.717, 1.165) is 5.56 Å². The Hall–Kier alpha value is -1.18. The fourth-order valence-electron chi connectivity index (χ4n) is 3.03. The maximum atomic E-state index is 12.6. The van der Waals surface area contributed by atoms with Crippen LogP contribution in [0.5, 0.6) is 0 Å². The Kier molecular flexibility index (Phi) is 4.14. The molecule has 2 fully saturated rings. The lowest BCUT2D eigenvalue weighted by Gasteiger charge is -2.49. The molecule has 0 unspecified atom stereocenters. The summed E-state index contributed by atoms with van der Waals surface area (Å²) in [5.74, 6) is -0.555. The van der Waals surface area contributed by atoms with Crippen molar-refractivity contribution < 1.29 is 14.3 Å². The van der Waals surface area contributed by atoms with Gasteiger partial charge in [-0.25, -0.2) is 4.79 Å². The average molecular weight is 352 g/mol. The number of hydrogen-bond donors (Lipinski definition) is 1. The molecule has 2 N–H and O–H groups in total. The number of β-lactam (4-membered cyclic amide) rings is 1. The number of carbonyl (C=O) groups excluding carboxylic acids is 2. The van der Waals surface area contributed by atoms with Crippen molar-refractivity contribution in [2.45, 2.75) is 41.5 Å². The van der Waals surface area contributed by atoms with Crippen molar-refractivity contribution in [3.8, 4) is 0 Å². The molecule has 2 aliphatic rings.